The number of rotatable bonds is 10. The highest BCUT2D eigenvalue weighted by Gasteiger charge is 2.21. The smallest absolute Gasteiger partial charge is 0.104 e. The first-order chi connectivity index (χ1) is 8.08. The van der Waals surface area contributed by atoms with Gasteiger partial charge in [-0.25, -0.2) is 0 Å². The largest absolute Gasteiger partial charge is 0.379 e. The molecule has 4 nitrogen and oxygen atoms in total. The molecule has 0 aliphatic carbocycles. The van der Waals surface area contributed by atoms with E-state index in [4.69, 9.17) is 18.9 Å². The van der Waals surface area contributed by atoms with Crippen molar-refractivity contribution in [2.24, 2.45) is 5.41 Å². The number of hydrogen-bond acceptors (Lipinski definition) is 4. The van der Waals surface area contributed by atoms with Crippen LogP contribution in [-0.4, -0.2) is 52.4 Å². The second kappa shape index (κ2) is 8.03. The first-order valence-electron chi connectivity index (χ1n) is 6.43. The van der Waals surface area contributed by atoms with E-state index >= 15 is 0 Å². The molecule has 102 valence electrons. The van der Waals surface area contributed by atoms with E-state index in [9.17, 15) is 0 Å². The van der Waals surface area contributed by atoms with Crippen LogP contribution in [0.5, 0.6) is 0 Å². The summed E-state index contributed by atoms with van der Waals surface area (Å²) in [5.74, 6) is 0. The van der Waals surface area contributed by atoms with Gasteiger partial charge >= 0.3 is 0 Å². The molecule has 1 unspecified atom stereocenters. The average molecular weight is 246 g/mol. The standard InChI is InChI=1S/C13H26O4/c1-13(2,3)4-5-14-6-7-15-8-9-16-10-12-11-17-12/h12H,4-11H2,1-3H3. The van der Waals surface area contributed by atoms with Crippen LogP contribution in [0.2, 0.25) is 0 Å². The Morgan fingerprint density at radius 2 is 1.47 bits per heavy atom. The maximum absolute atomic E-state index is 5.48. The molecule has 1 aliphatic heterocycles. The highest BCUT2D eigenvalue weighted by atomic mass is 16.6. The zero-order chi connectivity index (χ0) is 12.6. The Morgan fingerprint density at radius 1 is 0.941 bits per heavy atom. The summed E-state index contributed by atoms with van der Waals surface area (Å²) in [6.07, 6.45) is 1.42. The van der Waals surface area contributed by atoms with Crippen molar-refractivity contribution in [1.29, 1.82) is 0 Å². The maximum atomic E-state index is 5.48. The molecule has 17 heavy (non-hydrogen) atoms. The number of epoxide rings is 1. The second-order valence-corrected chi connectivity index (χ2v) is 5.57. The number of ether oxygens (including phenoxy) is 4. The molecule has 1 heterocycles. The van der Waals surface area contributed by atoms with Gasteiger partial charge in [0.2, 0.25) is 0 Å². The van der Waals surface area contributed by atoms with Gasteiger partial charge in [0.05, 0.1) is 39.6 Å². The van der Waals surface area contributed by atoms with Gasteiger partial charge in [-0.2, -0.15) is 0 Å². The van der Waals surface area contributed by atoms with Crippen molar-refractivity contribution in [1.82, 2.24) is 0 Å². The molecule has 0 aromatic rings. The Labute approximate surface area is 105 Å². The van der Waals surface area contributed by atoms with Crippen LogP contribution in [-0.2, 0) is 18.9 Å². The summed E-state index contributed by atoms with van der Waals surface area (Å²) in [6.45, 7) is 11.6. The fourth-order valence-electron chi connectivity index (χ4n) is 1.20. The summed E-state index contributed by atoms with van der Waals surface area (Å²) in [7, 11) is 0. The van der Waals surface area contributed by atoms with E-state index in [1.807, 2.05) is 0 Å². The minimum atomic E-state index is 0.343. The molecule has 0 amide bonds. The molecule has 0 bridgehead atoms. The van der Waals surface area contributed by atoms with Gasteiger partial charge in [-0.05, 0) is 11.8 Å². The van der Waals surface area contributed by atoms with E-state index in [0.29, 0.717) is 44.6 Å². The summed E-state index contributed by atoms with van der Waals surface area (Å²) in [5, 5.41) is 0. The number of hydrogen-bond donors (Lipinski definition) is 0. The highest BCUT2D eigenvalue weighted by molar-refractivity contribution is 4.66. The van der Waals surface area contributed by atoms with Crippen LogP contribution in [0.4, 0.5) is 0 Å². The molecule has 0 N–H and O–H groups in total. The summed E-state index contributed by atoms with van der Waals surface area (Å²) in [6, 6.07) is 0. The van der Waals surface area contributed by atoms with Gasteiger partial charge in [-0.3, -0.25) is 0 Å². The first-order valence-corrected chi connectivity index (χ1v) is 6.43. The second-order valence-electron chi connectivity index (χ2n) is 5.57. The molecule has 1 rings (SSSR count). The van der Waals surface area contributed by atoms with Crippen molar-refractivity contribution < 1.29 is 18.9 Å². The quantitative estimate of drug-likeness (QED) is 0.436. The molecule has 1 saturated heterocycles. The normalized spacial score (nSPS) is 19.6. The van der Waals surface area contributed by atoms with Gasteiger partial charge in [-0.1, -0.05) is 20.8 Å². The first kappa shape index (κ1) is 14.9. The summed E-state index contributed by atoms with van der Waals surface area (Å²) >= 11 is 0. The molecule has 0 radical (unpaired) electrons. The third-order valence-corrected chi connectivity index (χ3v) is 2.45. The highest BCUT2D eigenvalue weighted by Crippen LogP contribution is 2.17. The van der Waals surface area contributed by atoms with Gasteiger partial charge in [-0.15, -0.1) is 0 Å². The van der Waals surface area contributed by atoms with Crippen LogP contribution < -0.4 is 0 Å². The van der Waals surface area contributed by atoms with Crippen LogP contribution in [0.3, 0.4) is 0 Å². The van der Waals surface area contributed by atoms with Crippen molar-refractivity contribution >= 4 is 0 Å². The Hall–Kier alpha value is -0.160. The Balaban J connectivity index is 1.69. The molecule has 1 aliphatic rings. The average Bonchev–Trinajstić information content (AvgIpc) is 3.03. The molecule has 0 spiro atoms. The van der Waals surface area contributed by atoms with Crippen LogP contribution in [0.25, 0.3) is 0 Å². The lowest BCUT2D eigenvalue weighted by Crippen LogP contribution is -2.14. The lowest BCUT2D eigenvalue weighted by molar-refractivity contribution is 0.00803. The fraction of sp³-hybridized carbons (Fsp3) is 1.00. The van der Waals surface area contributed by atoms with E-state index in [1.54, 1.807) is 0 Å². The van der Waals surface area contributed by atoms with Gasteiger partial charge in [0.15, 0.2) is 0 Å². The van der Waals surface area contributed by atoms with E-state index in [0.717, 1.165) is 19.6 Å². The molecule has 4 heteroatoms. The van der Waals surface area contributed by atoms with Gasteiger partial charge in [0.1, 0.15) is 6.10 Å². The molecule has 1 fully saturated rings. The van der Waals surface area contributed by atoms with E-state index in [2.05, 4.69) is 20.8 Å². The summed E-state index contributed by atoms with van der Waals surface area (Å²) in [5.41, 5.74) is 0.347. The Morgan fingerprint density at radius 3 is 2.00 bits per heavy atom. The third-order valence-electron chi connectivity index (χ3n) is 2.45. The van der Waals surface area contributed by atoms with Crippen molar-refractivity contribution in [2.75, 3.05) is 46.2 Å². The van der Waals surface area contributed by atoms with E-state index in [-0.39, 0.29) is 0 Å². The van der Waals surface area contributed by atoms with Crippen molar-refractivity contribution in [3.63, 3.8) is 0 Å². The molecule has 0 saturated carbocycles. The van der Waals surface area contributed by atoms with Crippen molar-refractivity contribution in [3.05, 3.63) is 0 Å². The summed E-state index contributed by atoms with van der Waals surface area (Å²) < 4.78 is 21.2. The van der Waals surface area contributed by atoms with Crippen molar-refractivity contribution in [2.45, 2.75) is 33.3 Å². The molecular weight excluding hydrogens is 220 g/mol. The Bertz CT molecular complexity index is 184. The van der Waals surface area contributed by atoms with Gasteiger partial charge in [0, 0.05) is 6.61 Å². The van der Waals surface area contributed by atoms with E-state index < -0.39 is 0 Å². The molecule has 0 aromatic heterocycles. The zero-order valence-corrected chi connectivity index (χ0v) is 11.4. The fourth-order valence-corrected chi connectivity index (χ4v) is 1.20. The lowest BCUT2D eigenvalue weighted by atomic mass is 9.93. The van der Waals surface area contributed by atoms with Gasteiger partial charge < -0.3 is 18.9 Å². The van der Waals surface area contributed by atoms with Crippen LogP contribution in [0.1, 0.15) is 27.2 Å². The monoisotopic (exact) mass is 246 g/mol. The molecule has 1 atom stereocenters. The minimum Gasteiger partial charge on any atom is -0.379 e. The summed E-state index contributed by atoms with van der Waals surface area (Å²) in [4.78, 5) is 0. The predicted molar refractivity (Wildman–Crippen MR) is 66.3 cm³/mol. The maximum Gasteiger partial charge on any atom is 0.104 e. The Kier molecular flexibility index (Phi) is 7.04. The van der Waals surface area contributed by atoms with Crippen LogP contribution >= 0.6 is 0 Å². The minimum absolute atomic E-state index is 0.343. The topological polar surface area (TPSA) is 40.2 Å². The lowest BCUT2D eigenvalue weighted by Gasteiger charge is -2.17. The SMILES string of the molecule is CC(C)(C)CCOCCOCCOCC1CO1. The molecular formula is C13H26O4. The third kappa shape index (κ3) is 10.7. The zero-order valence-electron chi connectivity index (χ0n) is 11.4. The van der Waals surface area contributed by atoms with Crippen LogP contribution in [0.15, 0.2) is 0 Å². The van der Waals surface area contributed by atoms with Crippen LogP contribution in [0, 0.1) is 5.41 Å². The molecule has 0 aromatic carbocycles. The van der Waals surface area contributed by atoms with E-state index in [1.165, 1.54) is 0 Å². The van der Waals surface area contributed by atoms with Crippen molar-refractivity contribution in [3.8, 4) is 0 Å². The predicted octanol–water partition coefficient (Wildman–Crippen LogP) is 1.87. The van der Waals surface area contributed by atoms with Gasteiger partial charge in [0.25, 0.3) is 0 Å².